The van der Waals surface area contributed by atoms with Crippen LogP contribution in [0.3, 0.4) is 0 Å². The van der Waals surface area contributed by atoms with Crippen LogP contribution in [0.15, 0.2) is 0 Å². The van der Waals surface area contributed by atoms with Gasteiger partial charge in [0.1, 0.15) is 0 Å². The molecule has 0 amide bonds. The Labute approximate surface area is 75.4 Å². The second-order valence-electron chi connectivity index (χ2n) is 3.99. The first-order chi connectivity index (χ1) is 5.74. The number of rotatable bonds is 2. The van der Waals surface area contributed by atoms with E-state index in [1.807, 2.05) is 0 Å². The molecule has 1 atom stereocenters. The first-order valence-electron chi connectivity index (χ1n) is 4.84. The molecular formula is C10H18N2. The van der Waals surface area contributed by atoms with Gasteiger partial charge in [0.05, 0.1) is 0 Å². The standard InChI is InChI=1S/C10H18N2/c1-9(2)8-12-7-5-4-6-10(12)11-3/h9-10H,4-8H2,1-2H3. The summed E-state index contributed by atoms with van der Waals surface area (Å²) in [6.07, 6.45) is 3.78. The van der Waals surface area contributed by atoms with Crippen molar-refractivity contribution < 1.29 is 0 Å². The summed E-state index contributed by atoms with van der Waals surface area (Å²) in [7, 11) is 0. The van der Waals surface area contributed by atoms with Gasteiger partial charge in [0, 0.05) is 19.5 Å². The number of hydrogen-bond donors (Lipinski definition) is 0. The Kier molecular flexibility index (Phi) is 3.55. The van der Waals surface area contributed by atoms with Crippen LogP contribution in [0.25, 0.3) is 4.85 Å². The minimum Gasteiger partial charge on any atom is -0.296 e. The Balaban J connectivity index is 2.43. The Morgan fingerprint density at radius 2 is 2.25 bits per heavy atom. The fourth-order valence-corrected chi connectivity index (χ4v) is 1.80. The summed E-state index contributed by atoms with van der Waals surface area (Å²) >= 11 is 0. The lowest BCUT2D eigenvalue weighted by atomic mass is 10.1. The van der Waals surface area contributed by atoms with E-state index in [1.54, 1.807) is 0 Å². The first-order valence-corrected chi connectivity index (χ1v) is 4.84. The van der Waals surface area contributed by atoms with E-state index in [9.17, 15) is 0 Å². The molecule has 0 saturated carbocycles. The molecule has 12 heavy (non-hydrogen) atoms. The molecule has 2 nitrogen and oxygen atoms in total. The molecule has 0 aromatic heterocycles. The molecule has 1 fully saturated rings. The van der Waals surface area contributed by atoms with E-state index in [0.29, 0.717) is 5.92 Å². The van der Waals surface area contributed by atoms with Crippen molar-refractivity contribution in [2.45, 2.75) is 39.3 Å². The zero-order valence-electron chi connectivity index (χ0n) is 8.08. The molecule has 1 aliphatic heterocycles. The van der Waals surface area contributed by atoms with Crippen LogP contribution in [0.2, 0.25) is 0 Å². The monoisotopic (exact) mass is 166 g/mol. The average molecular weight is 166 g/mol. The molecule has 1 heterocycles. The number of nitrogens with zero attached hydrogens (tertiary/aromatic N) is 2. The highest BCUT2D eigenvalue weighted by Gasteiger charge is 2.26. The molecule has 0 bridgehead atoms. The smallest absolute Gasteiger partial charge is 0.279 e. The number of piperidine rings is 1. The Hall–Kier alpha value is -0.550. The first kappa shape index (κ1) is 9.54. The molecule has 0 aromatic rings. The average Bonchev–Trinajstić information content (AvgIpc) is 2.04. The van der Waals surface area contributed by atoms with Gasteiger partial charge in [-0.25, -0.2) is 11.5 Å². The zero-order chi connectivity index (χ0) is 8.97. The van der Waals surface area contributed by atoms with E-state index in [2.05, 4.69) is 23.6 Å². The molecule has 0 radical (unpaired) electrons. The zero-order valence-corrected chi connectivity index (χ0v) is 8.08. The van der Waals surface area contributed by atoms with Gasteiger partial charge in [-0.05, 0) is 18.8 Å². The van der Waals surface area contributed by atoms with Crippen molar-refractivity contribution in [1.29, 1.82) is 0 Å². The summed E-state index contributed by atoms with van der Waals surface area (Å²) in [6, 6.07) is 0. The SMILES string of the molecule is [C-]#[N+]C1CCCCN1CC(C)C. The highest BCUT2D eigenvalue weighted by Crippen LogP contribution is 2.18. The molecule has 1 unspecified atom stereocenters. The normalized spacial score (nSPS) is 25.7. The van der Waals surface area contributed by atoms with E-state index < -0.39 is 0 Å². The quantitative estimate of drug-likeness (QED) is 0.571. The molecule has 2 heteroatoms. The largest absolute Gasteiger partial charge is 0.296 e. The van der Waals surface area contributed by atoms with Gasteiger partial charge in [-0.1, -0.05) is 13.8 Å². The third-order valence-corrected chi connectivity index (χ3v) is 2.33. The van der Waals surface area contributed by atoms with Gasteiger partial charge in [-0.3, -0.25) is 4.85 Å². The van der Waals surface area contributed by atoms with Crippen molar-refractivity contribution in [3.8, 4) is 0 Å². The topological polar surface area (TPSA) is 7.60 Å². The third-order valence-electron chi connectivity index (χ3n) is 2.33. The minimum absolute atomic E-state index is 0.182. The molecule has 0 aliphatic carbocycles. The summed E-state index contributed by atoms with van der Waals surface area (Å²) in [6.45, 7) is 13.7. The van der Waals surface area contributed by atoms with Gasteiger partial charge < -0.3 is 0 Å². The van der Waals surface area contributed by atoms with Crippen molar-refractivity contribution >= 4 is 0 Å². The molecule has 1 aliphatic rings. The second kappa shape index (κ2) is 4.47. The van der Waals surface area contributed by atoms with Gasteiger partial charge in [0.15, 0.2) is 0 Å². The summed E-state index contributed by atoms with van der Waals surface area (Å²) in [5, 5.41) is 0. The van der Waals surface area contributed by atoms with Crippen LogP contribution in [-0.4, -0.2) is 24.2 Å². The van der Waals surface area contributed by atoms with Gasteiger partial charge >= 0.3 is 0 Å². The van der Waals surface area contributed by atoms with E-state index in [0.717, 1.165) is 19.5 Å². The molecule has 0 aromatic carbocycles. The van der Waals surface area contributed by atoms with Gasteiger partial charge in [-0.15, -0.1) is 0 Å². The molecule has 0 N–H and O–H groups in total. The maximum atomic E-state index is 7.06. The lowest BCUT2D eigenvalue weighted by Gasteiger charge is -2.28. The molecule has 68 valence electrons. The molecule has 1 rings (SSSR count). The van der Waals surface area contributed by atoms with Crippen molar-refractivity contribution in [2.24, 2.45) is 5.92 Å². The Morgan fingerprint density at radius 1 is 1.50 bits per heavy atom. The van der Waals surface area contributed by atoms with Crippen LogP contribution >= 0.6 is 0 Å². The van der Waals surface area contributed by atoms with E-state index in [4.69, 9.17) is 6.57 Å². The highest BCUT2D eigenvalue weighted by atomic mass is 15.2. The van der Waals surface area contributed by atoms with Crippen molar-refractivity contribution in [2.75, 3.05) is 13.1 Å². The highest BCUT2D eigenvalue weighted by molar-refractivity contribution is 4.83. The summed E-state index contributed by atoms with van der Waals surface area (Å²) in [5.41, 5.74) is 0. The van der Waals surface area contributed by atoms with Gasteiger partial charge in [0.25, 0.3) is 6.17 Å². The third kappa shape index (κ3) is 2.49. The lowest BCUT2D eigenvalue weighted by Crippen LogP contribution is -2.39. The molecular weight excluding hydrogens is 148 g/mol. The fourth-order valence-electron chi connectivity index (χ4n) is 1.80. The molecule has 0 spiro atoms. The summed E-state index contributed by atoms with van der Waals surface area (Å²) in [5.74, 6) is 0.687. The lowest BCUT2D eigenvalue weighted by molar-refractivity contribution is 0.160. The van der Waals surface area contributed by atoms with Crippen molar-refractivity contribution in [1.82, 2.24) is 4.90 Å². The van der Waals surface area contributed by atoms with E-state index in [-0.39, 0.29) is 6.17 Å². The molecule has 1 saturated heterocycles. The summed E-state index contributed by atoms with van der Waals surface area (Å²) < 4.78 is 0. The predicted molar refractivity (Wildman–Crippen MR) is 50.7 cm³/mol. The van der Waals surface area contributed by atoms with Crippen LogP contribution in [-0.2, 0) is 0 Å². The van der Waals surface area contributed by atoms with E-state index in [1.165, 1.54) is 12.8 Å². The van der Waals surface area contributed by atoms with Crippen LogP contribution < -0.4 is 0 Å². The maximum Gasteiger partial charge on any atom is 0.279 e. The van der Waals surface area contributed by atoms with Gasteiger partial charge in [0.2, 0.25) is 0 Å². The van der Waals surface area contributed by atoms with Gasteiger partial charge in [-0.2, -0.15) is 0 Å². The van der Waals surface area contributed by atoms with E-state index >= 15 is 0 Å². The second-order valence-corrected chi connectivity index (χ2v) is 3.99. The maximum absolute atomic E-state index is 7.06. The minimum atomic E-state index is 0.182. The number of likely N-dealkylation sites (tertiary alicyclic amines) is 1. The van der Waals surface area contributed by atoms with Crippen LogP contribution in [0.5, 0.6) is 0 Å². The van der Waals surface area contributed by atoms with Crippen LogP contribution in [0.4, 0.5) is 0 Å². The van der Waals surface area contributed by atoms with Crippen LogP contribution in [0.1, 0.15) is 33.1 Å². The van der Waals surface area contributed by atoms with Crippen LogP contribution in [0, 0.1) is 12.5 Å². The Bertz CT molecular complexity index is 169. The number of hydrogen-bond acceptors (Lipinski definition) is 1. The predicted octanol–water partition coefficient (Wildman–Crippen LogP) is 2.37. The summed E-state index contributed by atoms with van der Waals surface area (Å²) in [4.78, 5) is 5.99. The van der Waals surface area contributed by atoms with Crippen molar-refractivity contribution in [3.05, 3.63) is 11.4 Å². The Morgan fingerprint density at radius 3 is 2.83 bits per heavy atom. The fraction of sp³-hybridized carbons (Fsp3) is 0.900. The van der Waals surface area contributed by atoms with Crippen molar-refractivity contribution in [3.63, 3.8) is 0 Å².